The molecule has 0 unspecified atom stereocenters. The number of carbonyl (C=O) groups is 1. The Bertz CT molecular complexity index is 1170. The molecule has 4 aromatic rings. The van der Waals surface area contributed by atoms with Crippen molar-refractivity contribution >= 4 is 22.6 Å². The lowest BCUT2D eigenvalue weighted by atomic mass is 10.1. The van der Waals surface area contributed by atoms with E-state index in [0.29, 0.717) is 23.7 Å². The van der Waals surface area contributed by atoms with Gasteiger partial charge in [0.05, 0.1) is 12.6 Å². The van der Waals surface area contributed by atoms with E-state index in [1.807, 2.05) is 30.3 Å². The van der Waals surface area contributed by atoms with Crippen LogP contribution >= 0.6 is 0 Å². The van der Waals surface area contributed by atoms with Crippen molar-refractivity contribution < 1.29 is 14.3 Å². The van der Waals surface area contributed by atoms with Gasteiger partial charge >= 0.3 is 0 Å². The highest BCUT2D eigenvalue weighted by molar-refractivity contribution is 6.08. The third-order valence-electron chi connectivity index (χ3n) is 4.59. The zero-order valence-electron chi connectivity index (χ0n) is 16.2. The average Bonchev–Trinajstić information content (AvgIpc) is 3.14. The Morgan fingerprint density at radius 1 is 1.03 bits per heavy atom. The average molecular weight is 387 g/mol. The Morgan fingerprint density at radius 2 is 1.90 bits per heavy atom. The maximum Gasteiger partial charge on any atom is 0.257 e. The number of nitrogens with zero attached hydrogens (tertiary/aromatic N) is 1. The fourth-order valence-corrected chi connectivity index (χ4v) is 3.10. The second-order valence-corrected chi connectivity index (χ2v) is 6.74. The minimum absolute atomic E-state index is 0.253. The van der Waals surface area contributed by atoms with E-state index in [1.54, 1.807) is 31.4 Å². The van der Waals surface area contributed by atoms with Gasteiger partial charge in [-0.05, 0) is 42.8 Å². The predicted octanol–water partition coefficient (Wildman–Crippen LogP) is 4.71. The molecule has 146 valence electrons. The molecule has 1 aromatic heterocycles. The van der Waals surface area contributed by atoms with Gasteiger partial charge in [-0.25, -0.2) is 0 Å². The van der Waals surface area contributed by atoms with Crippen LogP contribution in [0, 0.1) is 6.92 Å². The second-order valence-electron chi connectivity index (χ2n) is 6.74. The number of aromatic nitrogens is 2. The smallest absolute Gasteiger partial charge is 0.257 e. The molecule has 6 nitrogen and oxygen atoms in total. The minimum atomic E-state index is -0.253. The molecule has 2 N–H and O–H groups in total. The number of hydrogen-bond donors (Lipinski definition) is 2. The number of anilines is 1. The summed E-state index contributed by atoms with van der Waals surface area (Å²) in [6.45, 7) is 2.54. The summed E-state index contributed by atoms with van der Waals surface area (Å²) in [7, 11) is 1.57. The molecule has 0 fully saturated rings. The van der Waals surface area contributed by atoms with Crippen molar-refractivity contribution in [2.45, 2.75) is 13.5 Å². The summed E-state index contributed by atoms with van der Waals surface area (Å²) < 4.78 is 11.1. The van der Waals surface area contributed by atoms with Gasteiger partial charge in [-0.15, -0.1) is 0 Å². The van der Waals surface area contributed by atoms with Crippen LogP contribution in [0.2, 0.25) is 0 Å². The van der Waals surface area contributed by atoms with E-state index >= 15 is 0 Å². The second kappa shape index (κ2) is 8.06. The fraction of sp³-hybridized carbons (Fsp3) is 0.130. The molecule has 0 radical (unpaired) electrons. The van der Waals surface area contributed by atoms with Crippen molar-refractivity contribution in [1.82, 2.24) is 10.2 Å². The Labute approximate surface area is 168 Å². The van der Waals surface area contributed by atoms with E-state index in [-0.39, 0.29) is 5.91 Å². The van der Waals surface area contributed by atoms with E-state index in [2.05, 4.69) is 34.6 Å². The molecule has 6 heteroatoms. The highest BCUT2D eigenvalue weighted by Crippen LogP contribution is 2.26. The highest BCUT2D eigenvalue weighted by Gasteiger charge is 2.12. The van der Waals surface area contributed by atoms with Crippen molar-refractivity contribution in [3.8, 4) is 11.5 Å². The lowest BCUT2D eigenvalue weighted by Gasteiger charge is -2.07. The molecule has 1 heterocycles. The first-order chi connectivity index (χ1) is 14.1. The van der Waals surface area contributed by atoms with Gasteiger partial charge in [0, 0.05) is 17.0 Å². The maximum absolute atomic E-state index is 12.5. The van der Waals surface area contributed by atoms with Crippen LogP contribution in [0.1, 0.15) is 21.5 Å². The summed E-state index contributed by atoms with van der Waals surface area (Å²) in [4.78, 5) is 12.5. The Hall–Kier alpha value is -3.80. The summed E-state index contributed by atoms with van der Waals surface area (Å²) in [6.07, 6.45) is 0. The van der Waals surface area contributed by atoms with Crippen LogP contribution < -0.4 is 14.8 Å². The molecule has 0 saturated heterocycles. The number of aryl methyl sites for hydroxylation is 1. The molecule has 0 aliphatic heterocycles. The lowest BCUT2D eigenvalue weighted by Crippen LogP contribution is -2.12. The van der Waals surface area contributed by atoms with Crippen molar-refractivity contribution in [2.24, 2.45) is 0 Å². The highest BCUT2D eigenvalue weighted by atomic mass is 16.5. The topological polar surface area (TPSA) is 76.2 Å². The van der Waals surface area contributed by atoms with E-state index < -0.39 is 0 Å². The molecule has 0 spiro atoms. The van der Waals surface area contributed by atoms with Crippen LogP contribution in [0.3, 0.4) is 0 Å². The zero-order valence-corrected chi connectivity index (χ0v) is 16.2. The van der Waals surface area contributed by atoms with Gasteiger partial charge in [-0.3, -0.25) is 9.89 Å². The molecule has 1 amide bonds. The third-order valence-corrected chi connectivity index (χ3v) is 4.59. The van der Waals surface area contributed by atoms with Gasteiger partial charge in [0.15, 0.2) is 5.82 Å². The molecule has 0 aliphatic carbocycles. The summed E-state index contributed by atoms with van der Waals surface area (Å²) in [6, 6.07) is 20.8. The van der Waals surface area contributed by atoms with Crippen molar-refractivity contribution in [3.63, 3.8) is 0 Å². The van der Waals surface area contributed by atoms with Gasteiger partial charge in [0.1, 0.15) is 18.1 Å². The summed E-state index contributed by atoms with van der Waals surface area (Å²) >= 11 is 0. The van der Waals surface area contributed by atoms with E-state index in [0.717, 1.165) is 22.2 Å². The van der Waals surface area contributed by atoms with E-state index in [1.165, 1.54) is 5.56 Å². The molecule has 0 saturated carbocycles. The monoisotopic (exact) mass is 387 g/mol. The van der Waals surface area contributed by atoms with Gasteiger partial charge in [0.2, 0.25) is 0 Å². The number of carbonyl (C=O) groups excluding carboxylic acids is 1. The number of benzene rings is 3. The quantitative estimate of drug-likeness (QED) is 0.502. The predicted molar refractivity (Wildman–Crippen MR) is 113 cm³/mol. The molecule has 0 aliphatic rings. The molecule has 29 heavy (non-hydrogen) atoms. The largest absolute Gasteiger partial charge is 0.497 e. The Balaban J connectivity index is 1.48. The van der Waals surface area contributed by atoms with Crippen LogP contribution in [0.25, 0.3) is 10.9 Å². The van der Waals surface area contributed by atoms with Gasteiger partial charge < -0.3 is 14.8 Å². The third kappa shape index (κ3) is 4.21. The van der Waals surface area contributed by atoms with Crippen LogP contribution in [-0.2, 0) is 6.61 Å². The minimum Gasteiger partial charge on any atom is -0.497 e. The van der Waals surface area contributed by atoms with Gasteiger partial charge in [-0.2, -0.15) is 5.10 Å². The standard InChI is InChI=1S/C23H21N3O3/c1-15-5-3-6-16(11-15)14-29-19-9-10-20-21(13-19)25-26-22(20)24-23(27)17-7-4-8-18(12-17)28-2/h3-13H,14H2,1-2H3,(H2,24,25,26,27). The summed E-state index contributed by atoms with van der Waals surface area (Å²) in [5.41, 5.74) is 3.60. The zero-order chi connectivity index (χ0) is 20.2. The molecule has 0 atom stereocenters. The number of amides is 1. The van der Waals surface area contributed by atoms with Crippen molar-refractivity contribution in [2.75, 3.05) is 12.4 Å². The Kier molecular flexibility index (Phi) is 5.16. The normalized spacial score (nSPS) is 10.7. The summed E-state index contributed by atoms with van der Waals surface area (Å²) in [5, 5.41) is 10.8. The number of hydrogen-bond acceptors (Lipinski definition) is 4. The number of ether oxygens (including phenoxy) is 2. The van der Waals surface area contributed by atoms with Gasteiger partial charge in [0.25, 0.3) is 5.91 Å². The molecule has 3 aromatic carbocycles. The first kappa shape index (κ1) is 18.6. The van der Waals surface area contributed by atoms with E-state index in [9.17, 15) is 4.79 Å². The van der Waals surface area contributed by atoms with Crippen LogP contribution in [0.4, 0.5) is 5.82 Å². The molecular weight excluding hydrogens is 366 g/mol. The summed E-state index contributed by atoms with van der Waals surface area (Å²) in [5.74, 6) is 1.57. The molecular formula is C23H21N3O3. The van der Waals surface area contributed by atoms with Crippen molar-refractivity contribution in [1.29, 1.82) is 0 Å². The van der Waals surface area contributed by atoms with Crippen LogP contribution in [0.5, 0.6) is 11.5 Å². The first-order valence-corrected chi connectivity index (χ1v) is 9.24. The number of H-pyrrole nitrogens is 1. The van der Waals surface area contributed by atoms with Gasteiger partial charge in [-0.1, -0.05) is 35.9 Å². The fourth-order valence-electron chi connectivity index (χ4n) is 3.10. The first-order valence-electron chi connectivity index (χ1n) is 9.24. The number of fused-ring (bicyclic) bond motifs is 1. The number of methoxy groups -OCH3 is 1. The lowest BCUT2D eigenvalue weighted by molar-refractivity contribution is 0.102. The maximum atomic E-state index is 12.5. The Morgan fingerprint density at radius 3 is 2.72 bits per heavy atom. The van der Waals surface area contributed by atoms with Crippen molar-refractivity contribution in [3.05, 3.63) is 83.4 Å². The van der Waals surface area contributed by atoms with Crippen LogP contribution in [0.15, 0.2) is 66.7 Å². The molecule has 4 rings (SSSR count). The number of aromatic amines is 1. The van der Waals surface area contributed by atoms with E-state index in [4.69, 9.17) is 9.47 Å². The van der Waals surface area contributed by atoms with Crippen LogP contribution in [-0.4, -0.2) is 23.2 Å². The number of rotatable bonds is 6. The molecule has 0 bridgehead atoms. The number of nitrogens with one attached hydrogen (secondary N) is 2. The SMILES string of the molecule is COc1cccc(C(=O)Nc2n[nH]c3cc(OCc4cccc(C)c4)ccc23)c1.